The van der Waals surface area contributed by atoms with Crippen LogP contribution in [0.1, 0.15) is 22.3 Å². The summed E-state index contributed by atoms with van der Waals surface area (Å²) in [6, 6.07) is 86.5. The Morgan fingerprint density at radius 1 is 0.302 bits per heavy atom. The van der Waals surface area contributed by atoms with Crippen LogP contribution in [0, 0.1) is 0 Å². The Balaban J connectivity index is 0.961. The quantitative estimate of drug-likeness (QED) is 0.167. The van der Waals surface area contributed by atoms with E-state index in [1.807, 2.05) is 12.1 Å². The predicted molar refractivity (Wildman–Crippen MR) is 261 cm³/mol. The maximum absolute atomic E-state index is 6.40. The Morgan fingerprint density at radius 3 is 1.35 bits per heavy atom. The van der Waals surface area contributed by atoms with Crippen molar-refractivity contribution in [2.24, 2.45) is 0 Å². The molecule has 0 fully saturated rings. The van der Waals surface area contributed by atoms with E-state index < -0.39 is 5.41 Å². The molecule has 0 saturated carbocycles. The fraction of sp³-hybridized carbons (Fsp3) is 0.0164. The summed E-state index contributed by atoms with van der Waals surface area (Å²) < 4.78 is 6.40. The second kappa shape index (κ2) is 13.9. The van der Waals surface area contributed by atoms with Gasteiger partial charge in [-0.2, -0.15) is 0 Å². The van der Waals surface area contributed by atoms with Crippen LogP contribution in [0.5, 0.6) is 0 Å². The van der Waals surface area contributed by atoms with Gasteiger partial charge in [0.15, 0.2) is 0 Å². The van der Waals surface area contributed by atoms with Crippen LogP contribution in [0.4, 0.5) is 17.1 Å². The Labute approximate surface area is 366 Å². The van der Waals surface area contributed by atoms with Gasteiger partial charge in [-0.3, -0.25) is 0 Å². The molecule has 0 amide bonds. The molecule has 11 aromatic rings. The highest BCUT2D eigenvalue weighted by Gasteiger charge is 2.53. The molecular weight excluding hydrogens is 763 g/mol. The first kappa shape index (κ1) is 35.5. The molecule has 10 aromatic carbocycles. The van der Waals surface area contributed by atoms with E-state index in [-0.39, 0.29) is 0 Å². The molecule has 0 unspecified atom stereocenters. The van der Waals surface area contributed by atoms with Gasteiger partial charge in [-0.25, -0.2) is 0 Å². The molecule has 2 nitrogen and oxygen atoms in total. The Hall–Kier alpha value is -8.20. The number of nitrogens with zero attached hydrogens (tertiary/aromatic N) is 1. The van der Waals surface area contributed by atoms with Gasteiger partial charge in [0, 0.05) is 33.3 Å². The minimum absolute atomic E-state index is 0.494. The highest BCUT2D eigenvalue weighted by Crippen LogP contribution is 2.65. The number of para-hydroxylation sites is 2. The molecule has 0 radical (unpaired) electrons. The zero-order valence-electron chi connectivity index (χ0n) is 34.4. The number of anilines is 3. The lowest BCUT2D eigenvalue weighted by Gasteiger charge is -2.36. The molecule has 2 aliphatic rings. The molecule has 0 saturated heterocycles. The Morgan fingerprint density at radius 2 is 0.730 bits per heavy atom. The SMILES string of the molecule is c1ccc(-c2ccc(N(c3ccc(-c4ccc(-c5cccc6c5oc5ccccc56)cc4)cc3)c3cccc4c3C3(c5ccccc5-c5ccccc53)c3ccccc3-4)cc2)cc1. The number of hydrogen-bond acceptors (Lipinski definition) is 2. The van der Waals surface area contributed by atoms with E-state index in [4.69, 9.17) is 4.42 Å². The summed E-state index contributed by atoms with van der Waals surface area (Å²) in [5.41, 5.74) is 22.1. The number of fused-ring (bicyclic) bond motifs is 13. The smallest absolute Gasteiger partial charge is 0.143 e. The zero-order valence-corrected chi connectivity index (χ0v) is 34.4. The van der Waals surface area contributed by atoms with Crippen molar-refractivity contribution in [1.29, 1.82) is 0 Å². The van der Waals surface area contributed by atoms with Crippen LogP contribution in [0.25, 0.3) is 77.6 Å². The third kappa shape index (κ3) is 5.25. The van der Waals surface area contributed by atoms with Crippen molar-refractivity contribution in [2.45, 2.75) is 5.41 Å². The van der Waals surface area contributed by atoms with Gasteiger partial charge in [0.2, 0.25) is 0 Å². The van der Waals surface area contributed by atoms with Gasteiger partial charge in [-0.1, -0.05) is 200 Å². The van der Waals surface area contributed by atoms with Gasteiger partial charge in [-0.15, -0.1) is 0 Å². The summed E-state index contributed by atoms with van der Waals surface area (Å²) in [5.74, 6) is 0. The second-order valence-corrected chi connectivity index (χ2v) is 16.7. The van der Waals surface area contributed by atoms with Crippen molar-refractivity contribution in [3.8, 4) is 55.6 Å². The fourth-order valence-corrected chi connectivity index (χ4v) is 10.8. The molecule has 0 N–H and O–H groups in total. The lowest BCUT2D eigenvalue weighted by molar-refractivity contribution is 0.670. The molecule has 2 heteroatoms. The van der Waals surface area contributed by atoms with E-state index >= 15 is 0 Å². The summed E-state index contributed by atoms with van der Waals surface area (Å²) in [4.78, 5) is 2.48. The van der Waals surface area contributed by atoms with Crippen molar-refractivity contribution in [2.75, 3.05) is 4.90 Å². The Kier molecular flexibility index (Phi) is 7.85. The van der Waals surface area contributed by atoms with Crippen molar-refractivity contribution in [3.63, 3.8) is 0 Å². The van der Waals surface area contributed by atoms with E-state index in [1.54, 1.807) is 0 Å². The number of hydrogen-bond donors (Lipinski definition) is 0. The second-order valence-electron chi connectivity index (χ2n) is 16.7. The number of rotatable bonds is 6. The summed E-state index contributed by atoms with van der Waals surface area (Å²) in [5, 5.41) is 2.28. The lowest BCUT2D eigenvalue weighted by Crippen LogP contribution is -2.28. The van der Waals surface area contributed by atoms with E-state index in [2.05, 4.69) is 229 Å². The predicted octanol–water partition coefficient (Wildman–Crippen LogP) is 16.4. The summed E-state index contributed by atoms with van der Waals surface area (Å²) in [7, 11) is 0. The van der Waals surface area contributed by atoms with Crippen molar-refractivity contribution in [3.05, 3.63) is 259 Å². The average Bonchev–Trinajstić information content (AvgIpc) is 4.00. The van der Waals surface area contributed by atoms with Crippen molar-refractivity contribution in [1.82, 2.24) is 0 Å². The average molecular weight is 802 g/mol. The van der Waals surface area contributed by atoms with Crippen LogP contribution < -0.4 is 4.90 Å². The first-order valence-corrected chi connectivity index (χ1v) is 21.8. The summed E-state index contributed by atoms with van der Waals surface area (Å²) in [6.07, 6.45) is 0. The van der Waals surface area contributed by atoms with Gasteiger partial charge in [0.25, 0.3) is 0 Å². The highest BCUT2D eigenvalue weighted by molar-refractivity contribution is 6.09. The normalized spacial score (nSPS) is 12.9. The first-order chi connectivity index (χ1) is 31.3. The monoisotopic (exact) mass is 801 g/mol. The van der Waals surface area contributed by atoms with E-state index in [0.717, 1.165) is 55.6 Å². The van der Waals surface area contributed by atoms with Crippen LogP contribution >= 0.6 is 0 Å². The van der Waals surface area contributed by atoms with Gasteiger partial charge in [0.1, 0.15) is 11.2 Å². The maximum atomic E-state index is 6.40. The lowest BCUT2D eigenvalue weighted by atomic mass is 9.70. The molecule has 63 heavy (non-hydrogen) atoms. The van der Waals surface area contributed by atoms with Gasteiger partial charge >= 0.3 is 0 Å². The largest absolute Gasteiger partial charge is 0.455 e. The van der Waals surface area contributed by atoms with E-state index in [0.29, 0.717) is 0 Å². The van der Waals surface area contributed by atoms with E-state index in [9.17, 15) is 0 Å². The highest BCUT2D eigenvalue weighted by atomic mass is 16.3. The van der Waals surface area contributed by atoms with Crippen LogP contribution in [0.2, 0.25) is 0 Å². The van der Waals surface area contributed by atoms with Crippen molar-refractivity contribution >= 4 is 39.0 Å². The third-order valence-electron chi connectivity index (χ3n) is 13.5. The van der Waals surface area contributed by atoms with Gasteiger partial charge in [-0.05, 0) is 103 Å². The standard InChI is InChI=1S/C61H39NO/c1-2-14-40(15-3-1)42-32-36-45(37-33-42)62(46-38-34-43(35-39-46)41-28-30-44(31-29-41)47-20-12-22-53-51-19-7-11-27-58(51)63-60(47)53)57-26-13-21-52-50-18-6-10-25-56(50)61(59(52)57)54-23-8-4-16-48(54)49-17-5-9-24-55(49)61/h1-39H. The maximum Gasteiger partial charge on any atom is 0.143 e. The van der Waals surface area contributed by atoms with Crippen molar-refractivity contribution < 1.29 is 4.42 Å². The molecule has 1 spiro atoms. The zero-order chi connectivity index (χ0) is 41.5. The molecule has 0 bridgehead atoms. The molecule has 294 valence electrons. The molecule has 0 atom stereocenters. The van der Waals surface area contributed by atoms with E-state index in [1.165, 1.54) is 61.3 Å². The van der Waals surface area contributed by atoms with Crippen LogP contribution in [-0.4, -0.2) is 0 Å². The first-order valence-electron chi connectivity index (χ1n) is 21.8. The minimum Gasteiger partial charge on any atom is -0.455 e. The third-order valence-corrected chi connectivity index (χ3v) is 13.5. The van der Waals surface area contributed by atoms with Gasteiger partial charge in [0.05, 0.1) is 11.1 Å². The summed E-state index contributed by atoms with van der Waals surface area (Å²) >= 11 is 0. The number of furan rings is 1. The molecule has 2 aliphatic carbocycles. The Bertz CT molecular complexity index is 3480. The molecule has 1 heterocycles. The van der Waals surface area contributed by atoms with Crippen LogP contribution in [0.3, 0.4) is 0 Å². The molecule has 1 aromatic heterocycles. The topological polar surface area (TPSA) is 16.4 Å². The van der Waals surface area contributed by atoms with Gasteiger partial charge < -0.3 is 9.32 Å². The minimum atomic E-state index is -0.494. The van der Waals surface area contributed by atoms with Crippen LogP contribution in [0.15, 0.2) is 241 Å². The summed E-state index contributed by atoms with van der Waals surface area (Å²) in [6.45, 7) is 0. The molecule has 13 rings (SSSR count). The molecule has 0 aliphatic heterocycles. The fourth-order valence-electron chi connectivity index (χ4n) is 10.8. The van der Waals surface area contributed by atoms with Crippen LogP contribution in [-0.2, 0) is 5.41 Å². The number of benzene rings is 10. The molecular formula is C61H39NO.